The van der Waals surface area contributed by atoms with Gasteiger partial charge in [0.2, 0.25) is 0 Å². The molecule has 3 heterocycles. The molecule has 4 heteroatoms. The van der Waals surface area contributed by atoms with Gasteiger partial charge in [0.15, 0.2) is 11.6 Å². The lowest BCUT2D eigenvalue weighted by atomic mass is 9.58. The number of nitrogens with zero attached hydrogens (tertiary/aromatic N) is 4. The summed E-state index contributed by atoms with van der Waals surface area (Å²) in [5, 5.41) is 0. The summed E-state index contributed by atoms with van der Waals surface area (Å²) in [6, 6.07) is 24.5. The van der Waals surface area contributed by atoms with Gasteiger partial charge in [-0.25, -0.2) is 9.97 Å². The van der Waals surface area contributed by atoms with Gasteiger partial charge >= 0.3 is 0 Å². The SMILES string of the molecule is C=CC1(C)c2ccc(-c3c(C(C)C)cccc3C(C)C)cc2N2c3nccnc3N(c3ccccc3)C2C1(C)C. The third-order valence-corrected chi connectivity index (χ3v) is 9.51. The smallest absolute Gasteiger partial charge is 0.178 e. The molecule has 0 aliphatic carbocycles. The van der Waals surface area contributed by atoms with Crippen molar-refractivity contribution in [2.75, 3.05) is 9.80 Å². The van der Waals surface area contributed by atoms with Crippen LogP contribution < -0.4 is 9.80 Å². The minimum Gasteiger partial charge on any atom is -0.301 e. The Morgan fingerprint density at radius 3 is 1.95 bits per heavy atom. The van der Waals surface area contributed by atoms with Crippen LogP contribution in [0, 0.1) is 5.41 Å². The first-order valence-corrected chi connectivity index (χ1v) is 14.5. The highest BCUT2D eigenvalue weighted by Crippen LogP contribution is 2.62. The summed E-state index contributed by atoms with van der Waals surface area (Å²) in [6.07, 6.45) is 5.73. The molecule has 0 radical (unpaired) electrons. The zero-order valence-electron chi connectivity index (χ0n) is 24.8. The van der Waals surface area contributed by atoms with Crippen molar-refractivity contribution in [1.29, 1.82) is 0 Å². The fraction of sp³-hybridized carbons (Fsp3) is 0.333. The molecule has 0 spiro atoms. The number of hydrogen-bond acceptors (Lipinski definition) is 4. The first kappa shape index (κ1) is 26.3. The van der Waals surface area contributed by atoms with Gasteiger partial charge in [-0.1, -0.05) is 103 Å². The van der Waals surface area contributed by atoms with E-state index < -0.39 is 0 Å². The van der Waals surface area contributed by atoms with Gasteiger partial charge in [-0.2, -0.15) is 0 Å². The van der Waals surface area contributed by atoms with E-state index in [0.29, 0.717) is 11.8 Å². The van der Waals surface area contributed by atoms with Crippen molar-refractivity contribution in [2.45, 2.75) is 71.9 Å². The monoisotopic (exact) mass is 528 g/mol. The first-order chi connectivity index (χ1) is 19.1. The molecule has 204 valence electrons. The quantitative estimate of drug-likeness (QED) is 0.241. The fourth-order valence-corrected chi connectivity index (χ4v) is 6.95. The third-order valence-electron chi connectivity index (χ3n) is 9.51. The van der Waals surface area contributed by atoms with Crippen molar-refractivity contribution >= 4 is 23.0 Å². The van der Waals surface area contributed by atoms with Crippen molar-refractivity contribution in [3.63, 3.8) is 0 Å². The second-order valence-corrected chi connectivity index (χ2v) is 12.6. The number of aromatic nitrogens is 2. The zero-order chi connectivity index (χ0) is 28.4. The lowest BCUT2D eigenvalue weighted by Crippen LogP contribution is -2.60. The Morgan fingerprint density at radius 1 is 0.775 bits per heavy atom. The van der Waals surface area contributed by atoms with E-state index in [0.717, 1.165) is 17.3 Å². The second kappa shape index (κ2) is 9.33. The summed E-state index contributed by atoms with van der Waals surface area (Å²) >= 11 is 0. The topological polar surface area (TPSA) is 32.3 Å². The molecular weight excluding hydrogens is 488 g/mol. The molecular formula is C36H40N4. The number of allylic oxidation sites excluding steroid dienone is 1. The molecule has 0 N–H and O–H groups in total. The van der Waals surface area contributed by atoms with Crippen LogP contribution >= 0.6 is 0 Å². The number of para-hydroxylation sites is 1. The van der Waals surface area contributed by atoms with Crippen LogP contribution in [0.4, 0.5) is 23.0 Å². The van der Waals surface area contributed by atoms with Crippen LogP contribution in [0.2, 0.25) is 0 Å². The highest BCUT2D eigenvalue weighted by molar-refractivity contribution is 5.89. The Balaban J connectivity index is 1.67. The van der Waals surface area contributed by atoms with Gasteiger partial charge in [0.1, 0.15) is 6.17 Å². The summed E-state index contributed by atoms with van der Waals surface area (Å²) in [4.78, 5) is 14.7. The molecule has 0 bridgehead atoms. The van der Waals surface area contributed by atoms with E-state index >= 15 is 0 Å². The molecule has 1 aromatic heterocycles. The Hall–Kier alpha value is -3.92. The highest BCUT2D eigenvalue weighted by Gasteiger charge is 2.59. The number of fused-ring (bicyclic) bond motifs is 5. The van der Waals surface area contributed by atoms with Gasteiger partial charge in [-0.3, -0.25) is 0 Å². The van der Waals surface area contributed by atoms with Crippen LogP contribution in [0.3, 0.4) is 0 Å². The maximum atomic E-state index is 4.95. The normalized spacial score (nSPS) is 20.9. The molecule has 0 saturated heterocycles. The molecule has 2 unspecified atom stereocenters. The van der Waals surface area contributed by atoms with Crippen LogP contribution in [-0.2, 0) is 5.41 Å². The molecule has 0 saturated carbocycles. The molecule has 2 atom stereocenters. The summed E-state index contributed by atoms with van der Waals surface area (Å²) in [5.74, 6) is 2.63. The Bertz CT molecular complexity index is 1560. The van der Waals surface area contributed by atoms with Crippen molar-refractivity contribution < 1.29 is 0 Å². The average molecular weight is 529 g/mol. The molecule has 2 aliphatic heterocycles. The number of hydrogen-bond donors (Lipinski definition) is 0. The maximum absolute atomic E-state index is 4.95. The minimum absolute atomic E-state index is 0.0389. The molecule has 4 nitrogen and oxygen atoms in total. The average Bonchev–Trinajstić information content (AvgIpc) is 3.32. The number of anilines is 4. The Morgan fingerprint density at radius 2 is 1.38 bits per heavy atom. The highest BCUT2D eigenvalue weighted by atomic mass is 15.5. The van der Waals surface area contributed by atoms with Crippen LogP contribution in [-0.4, -0.2) is 16.1 Å². The van der Waals surface area contributed by atoms with E-state index in [2.05, 4.69) is 138 Å². The lowest BCUT2D eigenvalue weighted by molar-refractivity contribution is 0.171. The molecule has 3 aromatic carbocycles. The molecule has 2 aliphatic rings. The van der Waals surface area contributed by atoms with Gasteiger partial charge in [0.05, 0.1) is 0 Å². The van der Waals surface area contributed by atoms with Gasteiger partial charge < -0.3 is 9.80 Å². The third kappa shape index (κ3) is 3.58. The van der Waals surface area contributed by atoms with E-state index in [-0.39, 0.29) is 17.0 Å². The van der Waals surface area contributed by atoms with Crippen molar-refractivity contribution in [1.82, 2.24) is 9.97 Å². The minimum atomic E-state index is -0.296. The Kier molecular flexibility index (Phi) is 6.14. The van der Waals surface area contributed by atoms with E-state index in [1.54, 1.807) is 6.20 Å². The van der Waals surface area contributed by atoms with Crippen LogP contribution in [0.1, 0.15) is 77.0 Å². The van der Waals surface area contributed by atoms with Gasteiger partial charge in [-0.15, -0.1) is 6.58 Å². The second-order valence-electron chi connectivity index (χ2n) is 12.6. The fourth-order valence-electron chi connectivity index (χ4n) is 6.95. The van der Waals surface area contributed by atoms with E-state index in [9.17, 15) is 0 Å². The van der Waals surface area contributed by atoms with Gasteiger partial charge in [0, 0.05) is 34.6 Å². The van der Waals surface area contributed by atoms with E-state index in [1.165, 1.54) is 33.5 Å². The van der Waals surface area contributed by atoms with Crippen molar-refractivity contribution in [3.05, 3.63) is 108 Å². The van der Waals surface area contributed by atoms with Gasteiger partial charge in [0.25, 0.3) is 0 Å². The standard InChI is InChI=1S/C36H40N4/c1-9-36(8)29-19-18-25(31-27(23(2)3)16-13-17-28(31)24(4)5)22-30(29)40-33-32(37-20-21-38-33)39(34(40)35(36,6)7)26-14-11-10-12-15-26/h9-24,34H,1H2,2-8H3. The molecule has 0 fully saturated rings. The lowest BCUT2D eigenvalue weighted by Gasteiger charge is -2.56. The van der Waals surface area contributed by atoms with E-state index in [4.69, 9.17) is 9.97 Å². The number of rotatable bonds is 5. The number of benzene rings is 3. The largest absolute Gasteiger partial charge is 0.301 e. The maximum Gasteiger partial charge on any atom is 0.178 e. The summed E-state index contributed by atoms with van der Waals surface area (Å²) in [6.45, 7) is 20.6. The molecule has 4 aromatic rings. The van der Waals surface area contributed by atoms with Crippen LogP contribution in [0.5, 0.6) is 0 Å². The Labute approximate surface area is 239 Å². The van der Waals surface area contributed by atoms with Crippen molar-refractivity contribution in [3.8, 4) is 11.1 Å². The van der Waals surface area contributed by atoms with Gasteiger partial charge in [-0.05, 0) is 57.9 Å². The van der Waals surface area contributed by atoms with Crippen LogP contribution in [0.15, 0.2) is 91.8 Å². The summed E-state index contributed by atoms with van der Waals surface area (Å²) < 4.78 is 0. The molecule has 0 amide bonds. The van der Waals surface area contributed by atoms with E-state index in [1.807, 2.05) is 6.20 Å². The predicted molar refractivity (Wildman–Crippen MR) is 168 cm³/mol. The summed E-state index contributed by atoms with van der Waals surface area (Å²) in [5.41, 5.74) is 8.41. The zero-order valence-corrected chi connectivity index (χ0v) is 24.8. The van der Waals surface area contributed by atoms with Crippen LogP contribution in [0.25, 0.3) is 11.1 Å². The first-order valence-electron chi connectivity index (χ1n) is 14.5. The summed E-state index contributed by atoms with van der Waals surface area (Å²) in [7, 11) is 0. The molecule has 6 rings (SSSR count). The van der Waals surface area contributed by atoms with Crippen molar-refractivity contribution in [2.24, 2.45) is 5.41 Å². The predicted octanol–water partition coefficient (Wildman–Crippen LogP) is 9.49. The molecule has 40 heavy (non-hydrogen) atoms.